The summed E-state index contributed by atoms with van der Waals surface area (Å²) in [4.78, 5) is 20.7. The van der Waals surface area contributed by atoms with Gasteiger partial charge in [0.2, 0.25) is 5.89 Å². The third-order valence-corrected chi connectivity index (χ3v) is 4.12. The first kappa shape index (κ1) is 20.2. The van der Waals surface area contributed by atoms with E-state index >= 15 is 0 Å². The molecule has 0 radical (unpaired) electrons. The number of furan rings is 1. The first-order chi connectivity index (χ1) is 14.1. The van der Waals surface area contributed by atoms with E-state index in [1.807, 2.05) is 37.3 Å². The number of ether oxygens (including phenoxy) is 1. The van der Waals surface area contributed by atoms with Crippen LogP contribution in [0.2, 0.25) is 0 Å². The molecular formula is C21H24N4O4. The molecule has 0 unspecified atom stereocenters. The third kappa shape index (κ3) is 5.25. The number of carbonyl (C=O) groups is 1. The zero-order chi connectivity index (χ0) is 20.6. The molecule has 0 saturated carbocycles. The van der Waals surface area contributed by atoms with Gasteiger partial charge in [-0.25, -0.2) is 14.8 Å². The van der Waals surface area contributed by atoms with Gasteiger partial charge < -0.3 is 24.2 Å². The van der Waals surface area contributed by atoms with Crippen molar-refractivity contribution in [2.24, 2.45) is 4.99 Å². The largest absolute Gasteiger partial charge is 0.465 e. The molecule has 0 fully saturated rings. The van der Waals surface area contributed by atoms with Gasteiger partial charge in [-0.2, -0.15) is 0 Å². The van der Waals surface area contributed by atoms with Crippen molar-refractivity contribution < 1.29 is 18.4 Å². The minimum atomic E-state index is -0.418. The van der Waals surface area contributed by atoms with Crippen LogP contribution in [0.3, 0.4) is 0 Å². The van der Waals surface area contributed by atoms with Gasteiger partial charge in [0.1, 0.15) is 29.0 Å². The molecular weight excluding hydrogens is 372 g/mol. The Labute approximate surface area is 169 Å². The van der Waals surface area contributed by atoms with Crippen LogP contribution in [0.15, 0.2) is 56.5 Å². The monoisotopic (exact) mass is 396 g/mol. The number of nitrogens with zero attached hydrogens (tertiary/aromatic N) is 2. The molecule has 0 saturated heterocycles. The molecule has 3 aromatic rings. The van der Waals surface area contributed by atoms with Crippen LogP contribution in [0, 0.1) is 6.92 Å². The molecule has 0 aliphatic rings. The van der Waals surface area contributed by atoms with E-state index in [2.05, 4.69) is 20.6 Å². The van der Waals surface area contributed by atoms with E-state index in [-0.39, 0.29) is 0 Å². The number of hydrogen-bond acceptors (Lipinski definition) is 6. The molecule has 2 N–H and O–H groups in total. The zero-order valence-corrected chi connectivity index (χ0v) is 16.7. The van der Waals surface area contributed by atoms with Crippen LogP contribution in [0.1, 0.15) is 34.5 Å². The maximum absolute atomic E-state index is 11.7. The number of hydrogen-bond donors (Lipinski definition) is 2. The number of carbonyl (C=O) groups excluding carboxylic acids is 1. The van der Waals surface area contributed by atoms with Crippen molar-refractivity contribution in [3.8, 4) is 11.5 Å². The quantitative estimate of drug-likeness (QED) is 0.359. The summed E-state index contributed by atoms with van der Waals surface area (Å²) in [5.74, 6) is 1.88. The molecule has 2 heterocycles. The highest BCUT2D eigenvalue weighted by Crippen LogP contribution is 2.18. The zero-order valence-electron chi connectivity index (χ0n) is 16.7. The minimum Gasteiger partial charge on any atom is -0.465 e. The van der Waals surface area contributed by atoms with Crippen LogP contribution in [-0.4, -0.2) is 30.6 Å². The fourth-order valence-corrected chi connectivity index (χ4v) is 2.71. The number of aryl methyl sites for hydroxylation is 1. The Morgan fingerprint density at radius 1 is 1.24 bits per heavy atom. The van der Waals surface area contributed by atoms with Crippen molar-refractivity contribution in [3.05, 3.63) is 65.4 Å². The van der Waals surface area contributed by atoms with E-state index < -0.39 is 5.97 Å². The SMILES string of the molecule is CCNC(=NCc1coc(-c2ccccc2)n1)NCc1cc(C(=O)OC)c(C)o1. The Balaban J connectivity index is 1.63. The number of esters is 1. The molecule has 1 aromatic carbocycles. The number of aliphatic imine (C=N–C) groups is 1. The summed E-state index contributed by atoms with van der Waals surface area (Å²) in [5, 5.41) is 6.34. The molecule has 29 heavy (non-hydrogen) atoms. The van der Waals surface area contributed by atoms with Crippen molar-refractivity contribution in [3.63, 3.8) is 0 Å². The van der Waals surface area contributed by atoms with Gasteiger partial charge in [-0.15, -0.1) is 0 Å². The lowest BCUT2D eigenvalue weighted by Crippen LogP contribution is -2.36. The maximum atomic E-state index is 11.7. The number of guanidine groups is 1. The highest BCUT2D eigenvalue weighted by molar-refractivity contribution is 5.90. The highest BCUT2D eigenvalue weighted by atomic mass is 16.5. The van der Waals surface area contributed by atoms with Gasteiger partial charge in [-0.3, -0.25) is 0 Å². The molecule has 0 spiro atoms. The number of oxazole rings is 1. The van der Waals surface area contributed by atoms with Crippen molar-refractivity contribution in [2.45, 2.75) is 26.9 Å². The molecule has 0 amide bonds. The van der Waals surface area contributed by atoms with Crippen LogP contribution < -0.4 is 10.6 Å². The summed E-state index contributed by atoms with van der Waals surface area (Å²) in [5.41, 5.74) is 2.06. The summed E-state index contributed by atoms with van der Waals surface area (Å²) in [7, 11) is 1.34. The summed E-state index contributed by atoms with van der Waals surface area (Å²) >= 11 is 0. The second-order valence-corrected chi connectivity index (χ2v) is 6.23. The molecule has 0 atom stereocenters. The Hall–Kier alpha value is -3.55. The highest BCUT2D eigenvalue weighted by Gasteiger charge is 2.15. The van der Waals surface area contributed by atoms with Crippen LogP contribution in [0.5, 0.6) is 0 Å². The predicted octanol–water partition coefficient (Wildman–Crippen LogP) is 3.28. The molecule has 2 aromatic heterocycles. The molecule has 0 bridgehead atoms. The van der Waals surface area contributed by atoms with Gasteiger partial charge in [0.25, 0.3) is 0 Å². The Morgan fingerprint density at radius 3 is 2.76 bits per heavy atom. The minimum absolute atomic E-state index is 0.357. The average molecular weight is 396 g/mol. The fraction of sp³-hybridized carbons (Fsp3) is 0.286. The van der Waals surface area contributed by atoms with Gasteiger partial charge in [-0.05, 0) is 32.0 Å². The molecule has 3 rings (SSSR count). The number of rotatable bonds is 7. The van der Waals surface area contributed by atoms with E-state index in [1.165, 1.54) is 7.11 Å². The predicted molar refractivity (Wildman–Crippen MR) is 108 cm³/mol. The smallest absolute Gasteiger partial charge is 0.341 e. The first-order valence-corrected chi connectivity index (χ1v) is 9.30. The lowest BCUT2D eigenvalue weighted by molar-refractivity contribution is 0.0599. The van der Waals surface area contributed by atoms with Crippen molar-refractivity contribution in [1.82, 2.24) is 15.6 Å². The second-order valence-electron chi connectivity index (χ2n) is 6.23. The van der Waals surface area contributed by atoms with E-state index in [1.54, 1.807) is 19.3 Å². The Bertz CT molecular complexity index is 976. The van der Waals surface area contributed by atoms with Gasteiger partial charge >= 0.3 is 5.97 Å². The van der Waals surface area contributed by atoms with E-state index in [0.717, 1.165) is 11.3 Å². The van der Waals surface area contributed by atoms with Crippen molar-refractivity contribution in [1.29, 1.82) is 0 Å². The van der Waals surface area contributed by atoms with E-state index in [4.69, 9.17) is 13.6 Å². The number of aromatic nitrogens is 1. The Morgan fingerprint density at radius 2 is 2.03 bits per heavy atom. The molecule has 0 aliphatic carbocycles. The van der Waals surface area contributed by atoms with Gasteiger partial charge in [0, 0.05) is 12.1 Å². The lowest BCUT2D eigenvalue weighted by atomic mass is 10.2. The normalized spacial score (nSPS) is 11.3. The molecule has 8 heteroatoms. The maximum Gasteiger partial charge on any atom is 0.341 e. The lowest BCUT2D eigenvalue weighted by Gasteiger charge is -2.09. The molecule has 152 valence electrons. The first-order valence-electron chi connectivity index (χ1n) is 9.30. The molecule has 0 aliphatic heterocycles. The number of nitrogens with one attached hydrogen (secondary N) is 2. The summed E-state index contributed by atoms with van der Waals surface area (Å²) in [6.45, 7) is 5.13. The van der Waals surface area contributed by atoms with Crippen molar-refractivity contribution >= 4 is 11.9 Å². The Kier molecular flexibility index (Phi) is 6.67. The van der Waals surface area contributed by atoms with E-state index in [0.29, 0.717) is 48.6 Å². The van der Waals surface area contributed by atoms with Crippen LogP contribution in [0.25, 0.3) is 11.5 Å². The standard InChI is InChI=1S/C21H24N4O4/c1-4-22-21(24-12-17-10-18(14(2)29-17)20(26)27-3)23-11-16-13-28-19(25-16)15-8-6-5-7-9-15/h5-10,13H,4,11-12H2,1-3H3,(H2,22,23,24). The van der Waals surface area contributed by atoms with Gasteiger partial charge in [-0.1, -0.05) is 18.2 Å². The van der Waals surface area contributed by atoms with Crippen LogP contribution in [0.4, 0.5) is 0 Å². The second kappa shape index (κ2) is 9.59. The molecule has 8 nitrogen and oxygen atoms in total. The van der Waals surface area contributed by atoms with Crippen LogP contribution >= 0.6 is 0 Å². The van der Waals surface area contributed by atoms with E-state index in [9.17, 15) is 4.79 Å². The summed E-state index contributed by atoms with van der Waals surface area (Å²) in [6, 6.07) is 11.4. The summed E-state index contributed by atoms with van der Waals surface area (Å²) in [6.07, 6.45) is 1.61. The topological polar surface area (TPSA) is 102 Å². The number of methoxy groups -OCH3 is 1. The summed E-state index contributed by atoms with van der Waals surface area (Å²) < 4.78 is 15.9. The van der Waals surface area contributed by atoms with Crippen molar-refractivity contribution in [2.75, 3.05) is 13.7 Å². The average Bonchev–Trinajstić information content (AvgIpc) is 3.37. The third-order valence-electron chi connectivity index (χ3n) is 4.12. The van der Waals surface area contributed by atoms with Gasteiger partial charge in [0.05, 0.1) is 20.2 Å². The fourth-order valence-electron chi connectivity index (χ4n) is 2.71. The van der Waals surface area contributed by atoms with Crippen LogP contribution in [-0.2, 0) is 17.8 Å². The number of benzene rings is 1. The van der Waals surface area contributed by atoms with Gasteiger partial charge in [0.15, 0.2) is 5.96 Å².